The lowest BCUT2D eigenvalue weighted by Crippen LogP contribution is -2.23. The molecule has 0 fully saturated rings. The number of hydrogen-bond acceptors (Lipinski definition) is 3. The summed E-state index contributed by atoms with van der Waals surface area (Å²) < 4.78 is 6.67. The fraction of sp³-hybridized carbons (Fsp3) is 0.364. The monoisotopic (exact) mass is 447 g/mol. The molecule has 150 valence electrons. The molecule has 5 nitrogen and oxygen atoms in total. The van der Waals surface area contributed by atoms with Crippen LogP contribution in [0.5, 0.6) is 5.75 Å². The summed E-state index contributed by atoms with van der Waals surface area (Å²) in [5.74, 6) is -0.308. The van der Waals surface area contributed by atoms with Gasteiger partial charge in [-0.15, -0.1) is 0 Å². The van der Waals surface area contributed by atoms with Gasteiger partial charge in [-0.1, -0.05) is 39.0 Å². The van der Waals surface area contributed by atoms with E-state index < -0.39 is 5.97 Å². The van der Waals surface area contributed by atoms with Crippen molar-refractivity contribution in [3.8, 4) is 5.75 Å². The maximum atomic E-state index is 12.0. The van der Waals surface area contributed by atoms with Gasteiger partial charge in [-0.05, 0) is 63.2 Å². The number of aromatic carboxylic acids is 1. The third kappa shape index (κ3) is 6.68. The van der Waals surface area contributed by atoms with Crippen LogP contribution < -0.4 is 10.1 Å². The molecule has 0 aliphatic carbocycles. The molecule has 2 aromatic carbocycles. The van der Waals surface area contributed by atoms with Crippen LogP contribution in [0.25, 0.3) is 0 Å². The molecular weight excluding hydrogens is 422 g/mol. The molecule has 1 amide bonds. The maximum Gasteiger partial charge on any atom is 0.335 e. The zero-order valence-corrected chi connectivity index (χ0v) is 18.0. The first-order valence-corrected chi connectivity index (χ1v) is 9.98. The Morgan fingerprint density at radius 3 is 2.54 bits per heavy atom. The Kier molecular flexibility index (Phi) is 7.63. The summed E-state index contributed by atoms with van der Waals surface area (Å²) in [5, 5.41) is 11.8. The fourth-order valence-corrected chi connectivity index (χ4v) is 3.10. The minimum atomic E-state index is -0.980. The van der Waals surface area contributed by atoms with Crippen LogP contribution in [-0.2, 0) is 16.8 Å². The largest absolute Gasteiger partial charge is 0.492 e. The van der Waals surface area contributed by atoms with Gasteiger partial charge in [-0.2, -0.15) is 0 Å². The second-order valence-electron chi connectivity index (χ2n) is 7.63. The Labute approximate surface area is 174 Å². The molecule has 0 aliphatic rings. The molecule has 2 rings (SSSR count). The van der Waals surface area contributed by atoms with E-state index in [1.165, 1.54) is 11.6 Å². The molecular formula is C22H26BrNO4. The van der Waals surface area contributed by atoms with E-state index >= 15 is 0 Å². The first-order valence-electron chi connectivity index (χ1n) is 9.18. The molecule has 0 aromatic heterocycles. The topological polar surface area (TPSA) is 75.6 Å². The number of carboxylic acid groups (broad SMARTS) is 1. The van der Waals surface area contributed by atoms with E-state index in [4.69, 9.17) is 9.84 Å². The number of hydrogen-bond donors (Lipinski definition) is 2. The number of carbonyl (C=O) groups is 2. The fourth-order valence-electron chi connectivity index (χ4n) is 2.60. The minimum absolute atomic E-state index is 0.0725. The molecule has 0 aliphatic heterocycles. The first kappa shape index (κ1) is 22.0. The van der Waals surface area contributed by atoms with Crippen LogP contribution in [0.2, 0.25) is 0 Å². The van der Waals surface area contributed by atoms with Gasteiger partial charge in [0.05, 0.1) is 16.6 Å². The molecule has 0 saturated carbocycles. The van der Waals surface area contributed by atoms with Crippen LogP contribution in [0.1, 0.15) is 55.1 Å². The average Bonchev–Trinajstić information content (AvgIpc) is 2.64. The average molecular weight is 448 g/mol. The molecule has 2 N–H and O–H groups in total. The Hall–Kier alpha value is -2.34. The lowest BCUT2D eigenvalue weighted by Gasteiger charge is -2.20. The Morgan fingerprint density at radius 1 is 1.14 bits per heavy atom. The van der Waals surface area contributed by atoms with Gasteiger partial charge in [0.2, 0.25) is 5.91 Å². The van der Waals surface area contributed by atoms with E-state index in [2.05, 4.69) is 54.2 Å². The lowest BCUT2D eigenvalue weighted by molar-refractivity contribution is -0.121. The van der Waals surface area contributed by atoms with Crippen molar-refractivity contribution in [3.63, 3.8) is 0 Å². The van der Waals surface area contributed by atoms with E-state index in [1.807, 2.05) is 6.07 Å². The lowest BCUT2D eigenvalue weighted by atomic mass is 9.87. The zero-order valence-electron chi connectivity index (χ0n) is 16.4. The molecule has 0 unspecified atom stereocenters. The number of nitrogens with one attached hydrogen (secondary N) is 1. The van der Waals surface area contributed by atoms with Crippen LogP contribution in [-0.4, -0.2) is 23.6 Å². The smallest absolute Gasteiger partial charge is 0.335 e. The number of halogens is 1. The quantitative estimate of drug-likeness (QED) is 0.563. The predicted molar refractivity (Wildman–Crippen MR) is 113 cm³/mol. The third-order valence-corrected chi connectivity index (χ3v) is 4.89. The summed E-state index contributed by atoms with van der Waals surface area (Å²) in [6, 6.07) is 12.6. The number of amides is 1. The molecule has 0 bridgehead atoms. The highest BCUT2D eigenvalue weighted by atomic mass is 79.9. The van der Waals surface area contributed by atoms with E-state index in [9.17, 15) is 9.59 Å². The third-order valence-electron chi connectivity index (χ3n) is 4.27. The van der Waals surface area contributed by atoms with Gasteiger partial charge in [-0.3, -0.25) is 4.79 Å². The summed E-state index contributed by atoms with van der Waals surface area (Å²) in [6.07, 6.45) is 0.935. The second kappa shape index (κ2) is 9.73. The summed E-state index contributed by atoms with van der Waals surface area (Å²) in [4.78, 5) is 22.9. The Balaban J connectivity index is 1.74. The maximum absolute atomic E-state index is 12.0. The molecule has 0 spiro atoms. The summed E-state index contributed by atoms with van der Waals surface area (Å²) in [7, 11) is 0. The van der Waals surface area contributed by atoms with Crippen molar-refractivity contribution in [1.82, 2.24) is 5.32 Å². The van der Waals surface area contributed by atoms with Crippen molar-refractivity contribution in [2.75, 3.05) is 6.61 Å². The van der Waals surface area contributed by atoms with Gasteiger partial charge >= 0.3 is 5.97 Å². The molecule has 0 saturated heterocycles. The van der Waals surface area contributed by atoms with E-state index in [0.717, 1.165) is 15.8 Å². The molecule has 2 aromatic rings. The van der Waals surface area contributed by atoms with Gasteiger partial charge in [0.1, 0.15) is 5.75 Å². The van der Waals surface area contributed by atoms with Crippen LogP contribution in [0, 0.1) is 0 Å². The van der Waals surface area contributed by atoms with E-state index in [0.29, 0.717) is 26.0 Å². The summed E-state index contributed by atoms with van der Waals surface area (Å²) in [6.45, 7) is 7.22. The second-order valence-corrected chi connectivity index (χ2v) is 8.48. The number of ether oxygens (including phenoxy) is 1. The number of rotatable bonds is 8. The van der Waals surface area contributed by atoms with Crippen molar-refractivity contribution in [2.45, 2.75) is 45.6 Å². The van der Waals surface area contributed by atoms with Crippen molar-refractivity contribution < 1.29 is 19.4 Å². The van der Waals surface area contributed by atoms with Crippen molar-refractivity contribution in [1.29, 1.82) is 0 Å². The van der Waals surface area contributed by atoms with Crippen LogP contribution in [0.15, 0.2) is 46.9 Å². The van der Waals surface area contributed by atoms with Crippen LogP contribution in [0.4, 0.5) is 0 Å². The number of carboxylic acids is 1. The Bertz CT molecular complexity index is 843. The summed E-state index contributed by atoms with van der Waals surface area (Å²) >= 11 is 3.54. The molecule has 28 heavy (non-hydrogen) atoms. The SMILES string of the molecule is CC(C)(C)c1ccc(OCCCC(=O)NCc2cccc(C(=O)O)c2)c(Br)c1. The van der Waals surface area contributed by atoms with E-state index in [1.54, 1.807) is 18.2 Å². The van der Waals surface area contributed by atoms with Crippen molar-refractivity contribution in [2.24, 2.45) is 0 Å². The molecule has 0 atom stereocenters. The van der Waals surface area contributed by atoms with Crippen molar-refractivity contribution in [3.05, 3.63) is 63.6 Å². The molecule has 0 radical (unpaired) electrons. The first-order chi connectivity index (χ1) is 13.2. The zero-order chi connectivity index (χ0) is 20.7. The minimum Gasteiger partial charge on any atom is -0.492 e. The van der Waals surface area contributed by atoms with Crippen LogP contribution >= 0.6 is 15.9 Å². The van der Waals surface area contributed by atoms with Gasteiger partial charge in [0.25, 0.3) is 0 Å². The molecule has 6 heteroatoms. The predicted octanol–water partition coefficient (Wildman–Crippen LogP) is 4.92. The highest BCUT2D eigenvalue weighted by Gasteiger charge is 2.15. The Morgan fingerprint density at radius 2 is 1.89 bits per heavy atom. The van der Waals surface area contributed by atoms with Gasteiger partial charge in [0, 0.05) is 13.0 Å². The highest BCUT2D eigenvalue weighted by Crippen LogP contribution is 2.31. The summed E-state index contributed by atoms with van der Waals surface area (Å²) in [5.41, 5.74) is 2.26. The van der Waals surface area contributed by atoms with Gasteiger partial charge in [-0.25, -0.2) is 4.79 Å². The number of benzene rings is 2. The van der Waals surface area contributed by atoms with Gasteiger partial charge < -0.3 is 15.2 Å². The van der Waals surface area contributed by atoms with Crippen molar-refractivity contribution >= 4 is 27.8 Å². The van der Waals surface area contributed by atoms with E-state index in [-0.39, 0.29) is 16.9 Å². The number of carbonyl (C=O) groups excluding carboxylic acids is 1. The van der Waals surface area contributed by atoms with Gasteiger partial charge in [0.15, 0.2) is 0 Å². The standard InChI is InChI=1S/C22H26BrNO4/c1-22(2,3)17-9-10-19(18(23)13-17)28-11-5-8-20(25)24-14-15-6-4-7-16(12-15)21(26)27/h4,6-7,9-10,12-13H,5,8,11,14H2,1-3H3,(H,24,25)(H,26,27). The normalized spacial score (nSPS) is 11.1. The molecule has 0 heterocycles. The van der Waals surface area contributed by atoms with Crippen LogP contribution in [0.3, 0.4) is 0 Å². The highest BCUT2D eigenvalue weighted by molar-refractivity contribution is 9.10.